The zero-order chi connectivity index (χ0) is 14.7. The number of aliphatic hydroxyl groups excluding tert-OH is 1. The van der Waals surface area contributed by atoms with Crippen LogP contribution in [0, 0.1) is 0 Å². The summed E-state index contributed by atoms with van der Waals surface area (Å²) in [6, 6.07) is 12.0. The number of amides is 1. The Morgan fingerprint density at radius 2 is 1.95 bits per heavy atom. The third-order valence-corrected chi connectivity index (χ3v) is 3.25. The van der Waals surface area contributed by atoms with Crippen molar-refractivity contribution in [2.24, 2.45) is 0 Å². The molecule has 4 nitrogen and oxygen atoms in total. The predicted molar refractivity (Wildman–Crippen MR) is 80.7 cm³/mol. The van der Waals surface area contributed by atoms with E-state index in [1.807, 2.05) is 0 Å². The average Bonchev–Trinajstić information content (AvgIpc) is 2.40. The van der Waals surface area contributed by atoms with Crippen LogP contribution in [0.25, 0.3) is 0 Å². The Morgan fingerprint density at radius 1 is 1.25 bits per heavy atom. The molecule has 0 aliphatic carbocycles. The van der Waals surface area contributed by atoms with Gasteiger partial charge in [-0.3, -0.25) is 4.79 Å². The molecule has 0 bridgehead atoms. The van der Waals surface area contributed by atoms with Gasteiger partial charge in [0.25, 0.3) is 0 Å². The molecule has 0 aliphatic heterocycles. The molecular formula is C15H15ClN2O2. The van der Waals surface area contributed by atoms with E-state index in [-0.39, 0.29) is 5.91 Å². The molecule has 104 valence electrons. The van der Waals surface area contributed by atoms with E-state index in [1.165, 1.54) is 6.92 Å². The summed E-state index contributed by atoms with van der Waals surface area (Å²) in [5.41, 5.74) is 7.98. The lowest BCUT2D eigenvalue weighted by Crippen LogP contribution is -2.09. The van der Waals surface area contributed by atoms with Crippen LogP contribution in [0.15, 0.2) is 42.5 Å². The lowest BCUT2D eigenvalue weighted by molar-refractivity contribution is -0.114. The normalized spacial score (nSPS) is 11.9. The highest BCUT2D eigenvalue weighted by atomic mass is 35.5. The van der Waals surface area contributed by atoms with Gasteiger partial charge in [-0.1, -0.05) is 29.8 Å². The predicted octanol–water partition coefficient (Wildman–Crippen LogP) is 2.96. The van der Waals surface area contributed by atoms with E-state index in [4.69, 9.17) is 17.3 Å². The fourth-order valence-electron chi connectivity index (χ4n) is 1.96. The van der Waals surface area contributed by atoms with E-state index in [1.54, 1.807) is 42.5 Å². The highest BCUT2D eigenvalue weighted by molar-refractivity contribution is 6.31. The smallest absolute Gasteiger partial charge is 0.221 e. The summed E-state index contributed by atoms with van der Waals surface area (Å²) >= 11 is 6.07. The third-order valence-electron chi connectivity index (χ3n) is 2.90. The largest absolute Gasteiger partial charge is 0.398 e. The molecule has 2 aromatic rings. The average molecular weight is 291 g/mol. The number of benzene rings is 2. The van der Waals surface area contributed by atoms with Crippen LogP contribution in [0.1, 0.15) is 24.2 Å². The van der Waals surface area contributed by atoms with Crippen LogP contribution in [-0.4, -0.2) is 11.0 Å². The molecule has 1 amide bonds. The van der Waals surface area contributed by atoms with Crippen molar-refractivity contribution in [2.75, 3.05) is 11.1 Å². The second-order valence-electron chi connectivity index (χ2n) is 4.45. The van der Waals surface area contributed by atoms with Crippen LogP contribution in [0.2, 0.25) is 5.02 Å². The SMILES string of the molecule is CC(=O)Nc1ccc(N)c(C(O)c2ccccc2Cl)c1. The van der Waals surface area contributed by atoms with E-state index >= 15 is 0 Å². The van der Waals surface area contributed by atoms with Gasteiger partial charge in [0.2, 0.25) is 5.91 Å². The number of nitrogens with two attached hydrogens (primary N) is 1. The van der Waals surface area contributed by atoms with Crippen molar-refractivity contribution < 1.29 is 9.90 Å². The Bertz CT molecular complexity index is 644. The first kappa shape index (κ1) is 14.4. The molecule has 0 fully saturated rings. The number of carbonyl (C=O) groups excluding carboxylic acids is 1. The van der Waals surface area contributed by atoms with E-state index in [9.17, 15) is 9.90 Å². The molecule has 20 heavy (non-hydrogen) atoms. The first-order valence-electron chi connectivity index (χ1n) is 6.08. The van der Waals surface area contributed by atoms with Crippen LogP contribution in [-0.2, 0) is 4.79 Å². The summed E-state index contributed by atoms with van der Waals surface area (Å²) in [5, 5.41) is 13.6. The van der Waals surface area contributed by atoms with Gasteiger partial charge in [0.1, 0.15) is 6.10 Å². The molecule has 0 aromatic heterocycles. The zero-order valence-corrected chi connectivity index (χ0v) is 11.7. The second kappa shape index (κ2) is 5.94. The summed E-state index contributed by atoms with van der Waals surface area (Å²) in [5.74, 6) is -0.187. The Balaban J connectivity index is 2.41. The fraction of sp³-hybridized carbons (Fsp3) is 0.133. The zero-order valence-electron chi connectivity index (χ0n) is 10.9. The summed E-state index contributed by atoms with van der Waals surface area (Å²) in [4.78, 5) is 11.1. The minimum Gasteiger partial charge on any atom is -0.398 e. The quantitative estimate of drug-likeness (QED) is 0.761. The Morgan fingerprint density at radius 3 is 2.60 bits per heavy atom. The first-order valence-corrected chi connectivity index (χ1v) is 6.46. The van der Waals surface area contributed by atoms with Gasteiger partial charge in [-0.15, -0.1) is 0 Å². The Hall–Kier alpha value is -2.04. The molecule has 0 heterocycles. The molecule has 1 unspecified atom stereocenters. The van der Waals surface area contributed by atoms with Crippen LogP contribution in [0.3, 0.4) is 0 Å². The maximum atomic E-state index is 11.1. The molecule has 2 aromatic carbocycles. The Kier molecular flexibility index (Phi) is 4.27. The van der Waals surface area contributed by atoms with Crippen molar-refractivity contribution >= 4 is 28.9 Å². The molecule has 1 atom stereocenters. The molecule has 0 spiro atoms. The molecule has 0 saturated carbocycles. The van der Waals surface area contributed by atoms with Crippen LogP contribution in [0.4, 0.5) is 11.4 Å². The maximum absolute atomic E-state index is 11.1. The standard InChI is InChI=1S/C15H15ClN2O2/c1-9(19)18-10-6-7-14(17)12(8-10)15(20)11-4-2-3-5-13(11)16/h2-8,15,20H,17H2,1H3,(H,18,19). The summed E-state index contributed by atoms with van der Waals surface area (Å²) in [7, 11) is 0. The number of halogens is 1. The monoisotopic (exact) mass is 290 g/mol. The molecule has 4 N–H and O–H groups in total. The number of rotatable bonds is 3. The van der Waals surface area contributed by atoms with Crippen molar-refractivity contribution in [1.29, 1.82) is 0 Å². The lowest BCUT2D eigenvalue weighted by Gasteiger charge is -2.16. The topological polar surface area (TPSA) is 75.4 Å². The summed E-state index contributed by atoms with van der Waals surface area (Å²) in [6.07, 6.45) is -0.947. The number of hydrogen-bond acceptors (Lipinski definition) is 3. The summed E-state index contributed by atoms with van der Waals surface area (Å²) in [6.45, 7) is 1.42. The van der Waals surface area contributed by atoms with Gasteiger partial charge < -0.3 is 16.2 Å². The van der Waals surface area contributed by atoms with Crippen molar-refractivity contribution in [3.05, 3.63) is 58.6 Å². The van der Waals surface area contributed by atoms with Gasteiger partial charge in [-0.2, -0.15) is 0 Å². The molecular weight excluding hydrogens is 276 g/mol. The van der Waals surface area contributed by atoms with E-state index < -0.39 is 6.10 Å². The summed E-state index contributed by atoms with van der Waals surface area (Å²) < 4.78 is 0. The molecule has 0 aliphatic rings. The minimum atomic E-state index is -0.947. The van der Waals surface area contributed by atoms with Gasteiger partial charge >= 0.3 is 0 Å². The van der Waals surface area contributed by atoms with Crippen LogP contribution in [0.5, 0.6) is 0 Å². The van der Waals surface area contributed by atoms with Crippen molar-refractivity contribution in [3.63, 3.8) is 0 Å². The molecule has 5 heteroatoms. The number of hydrogen-bond donors (Lipinski definition) is 3. The first-order chi connectivity index (χ1) is 9.49. The van der Waals surface area contributed by atoms with Crippen LogP contribution >= 0.6 is 11.6 Å². The van der Waals surface area contributed by atoms with Gasteiger partial charge in [0.15, 0.2) is 0 Å². The maximum Gasteiger partial charge on any atom is 0.221 e. The minimum absolute atomic E-state index is 0.187. The highest BCUT2D eigenvalue weighted by Gasteiger charge is 2.16. The van der Waals surface area contributed by atoms with Crippen molar-refractivity contribution in [1.82, 2.24) is 0 Å². The molecule has 2 rings (SSSR count). The fourth-order valence-corrected chi connectivity index (χ4v) is 2.20. The molecule has 0 saturated heterocycles. The number of anilines is 2. The second-order valence-corrected chi connectivity index (χ2v) is 4.86. The number of nitrogens with one attached hydrogen (secondary N) is 1. The number of nitrogen functional groups attached to an aromatic ring is 1. The van der Waals surface area contributed by atoms with E-state index in [0.29, 0.717) is 27.5 Å². The molecule has 0 radical (unpaired) electrons. The highest BCUT2D eigenvalue weighted by Crippen LogP contribution is 2.32. The van der Waals surface area contributed by atoms with Crippen molar-refractivity contribution in [3.8, 4) is 0 Å². The lowest BCUT2D eigenvalue weighted by atomic mass is 9.99. The van der Waals surface area contributed by atoms with E-state index in [0.717, 1.165) is 0 Å². The number of aliphatic hydroxyl groups is 1. The van der Waals surface area contributed by atoms with Gasteiger partial charge in [0, 0.05) is 34.4 Å². The van der Waals surface area contributed by atoms with Crippen LogP contribution < -0.4 is 11.1 Å². The van der Waals surface area contributed by atoms with E-state index in [2.05, 4.69) is 5.32 Å². The van der Waals surface area contributed by atoms with Gasteiger partial charge in [-0.25, -0.2) is 0 Å². The van der Waals surface area contributed by atoms with Gasteiger partial charge in [-0.05, 0) is 24.3 Å². The van der Waals surface area contributed by atoms with Crippen molar-refractivity contribution in [2.45, 2.75) is 13.0 Å². The number of carbonyl (C=O) groups is 1. The Labute approximate surface area is 122 Å². The van der Waals surface area contributed by atoms with Gasteiger partial charge in [0.05, 0.1) is 0 Å². The third kappa shape index (κ3) is 3.10.